The van der Waals surface area contributed by atoms with Crippen LogP contribution in [0, 0.1) is 0 Å². The molecule has 0 radical (unpaired) electrons. The average molecular weight is 358 g/mol. The predicted octanol–water partition coefficient (Wildman–Crippen LogP) is 3.15. The van der Waals surface area contributed by atoms with Crippen LogP contribution in [-0.2, 0) is 0 Å². The number of nitrogen functional groups attached to an aromatic ring is 1. The van der Waals surface area contributed by atoms with Gasteiger partial charge in [-0.05, 0) is 31.2 Å². The molecule has 0 aliphatic carbocycles. The van der Waals surface area contributed by atoms with Crippen LogP contribution in [0.2, 0.25) is 5.02 Å². The van der Waals surface area contributed by atoms with E-state index in [1.165, 1.54) is 4.68 Å². The minimum Gasteiger partial charge on any atom is -0.492 e. The Bertz CT molecular complexity index is 910. The third-order valence-corrected chi connectivity index (χ3v) is 3.76. The second-order valence-corrected chi connectivity index (χ2v) is 5.48. The van der Waals surface area contributed by atoms with Crippen molar-refractivity contribution >= 4 is 29.0 Å². The van der Waals surface area contributed by atoms with E-state index in [0.29, 0.717) is 28.8 Å². The van der Waals surface area contributed by atoms with Gasteiger partial charge in [-0.15, -0.1) is 5.10 Å². The molecule has 1 aromatic heterocycles. The van der Waals surface area contributed by atoms with Gasteiger partial charge in [0.2, 0.25) is 0 Å². The van der Waals surface area contributed by atoms with Crippen molar-refractivity contribution in [3.63, 3.8) is 0 Å². The fraction of sp³-hybridized carbons (Fsp3) is 0.118. The monoisotopic (exact) mass is 357 g/mol. The summed E-state index contributed by atoms with van der Waals surface area (Å²) in [5.41, 5.74) is 7.16. The van der Waals surface area contributed by atoms with Crippen LogP contribution in [0.25, 0.3) is 5.69 Å². The first-order chi connectivity index (χ1) is 12.1. The van der Waals surface area contributed by atoms with Gasteiger partial charge < -0.3 is 15.8 Å². The Balaban J connectivity index is 1.91. The zero-order chi connectivity index (χ0) is 17.8. The largest absolute Gasteiger partial charge is 0.492 e. The quantitative estimate of drug-likeness (QED) is 0.731. The molecular formula is C17H16ClN5O2. The Morgan fingerprint density at radius 3 is 2.72 bits per heavy atom. The fourth-order valence-electron chi connectivity index (χ4n) is 2.28. The molecule has 0 spiro atoms. The normalized spacial score (nSPS) is 10.5. The number of benzene rings is 2. The van der Waals surface area contributed by atoms with E-state index in [4.69, 9.17) is 22.1 Å². The number of amides is 1. The summed E-state index contributed by atoms with van der Waals surface area (Å²) in [4.78, 5) is 12.4. The highest BCUT2D eigenvalue weighted by atomic mass is 35.5. The number of halogens is 1. The highest BCUT2D eigenvalue weighted by Gasteiger charge is 2.20. The minimum atomic E-state index is -0.495. The zero-order valence-corrected chi connectivity index (χ0v) is 14.2. The first kappa shape index (κ1) is 16.8. The van der Waals surface area contributed by atoms with E-state index < -0.39 is 5.91 Å². The van der Waals surface area contributed by atoms with E-state index in [-0.39, 0.29) is 11.5 Å². The van der Waals surface area contributed by atoms with Crippen LogP contribution in [-0.4, -0.2) is 27.5 Å². The average Bonchev–Trinajstić information content (AvgIpc) is 2.99. The summed E-state index contributed by atoms with van der Waals surface area (Å²) in [5.74, 6) is 0.210. The SMILES string of the molecule is CCOc1ccccc1-n1nnc(C(=O)Nc2ccccc2Cl)c1N. The molecule has 8 heteroatoms. The highest BCUT2D eigenvalue weighted by Crippen LogP contribution is 2.26. The fourth-order valence-corrected chi connectivity index (χ4v) is 2.47. The molecule has 3 rings (SSSR count). The number of para-hydroxylation sites is 3. The lowest BCUT2D eigenvalue weighted by Gasteiger charge is -2.10. The molecule has 1 heterocycles. The van der Waals surface area contributed by atoms with Gasteiger partial charge in [0, 0.05) is 0 Å². The molecule has 0 aliphatic rings. The number of anilines is 2. The Hall–Kier alpha value is -3.06. The predicted molar refractivity (Wildman–Crippen MR) is 96.3 cm³/mol. The second kappa shape index (κ2) is 7.23. The maximum absolute atomic E-state index is 12.4. The summed E-state index contributed by atoms with van der Waals surface area (Å²) in [5, 5.41) is 11.0. The van der Waals surface area contributed by atoms with Crippen LogP contribution >= 0.6 is 11.6 Å². The summed E-state index contributed by atoms with van der Waals surface area (Å²) >= 11 is 6.05. The van der Waals surface area contributed by atoms with Crippen molar-refractivity contribution in [2.45, 2.75) is 6.92 Å². The van der Waals surface area contributed by atoms with Gasteiger partial charge in [0.25, 0.3) is 5.91 Å². The lowest BCUT2D eigenvalue weighted by molar-refractivity contribution is 0.102. The number of ether oxygens (including phenoxy) is 1. The van der Waals surface area contributed by atoms with Gasteiger partial charge in [-0.3, -0.25) is 4.79 Å². The molecule has 3 N–H and O–H groups in total. The molecule has 0 fully saturated rings. The maximum atomic E-state index is 12.4. The number of nitrogens with zero attached hydrogens (tertiary/aromatic N) is 3. The van der Waals surface area contributed by atoms with E-state index in [0.717, 1.165) is 0 Å². The van der Waals surface area contributed by atoms with Gasteiger partial charge in [-0.1, -0.05) is 41.1 Å². The molecule has 0 atom stereocenters. The smallest absolute Gasteiger partial charge is 0.280 e. The van der Waals surface area contributed by atoms with Crippen molar-refractivity contribution in [1.29, 1.82) is 0 Å². The number of aromatic nitrogens is 3. The van der Waals surface area contributed by atoms with Gasteiger partial charge in [0.15, 0.2) is 11.5 Å². The lowest BCUT2D eigenvalue weighted by atomic mass is 10.3. The number of hydrogen-bond acceptors (Lipinski definition) is 5. The summed E-state index contributed by atoms with van der Waals surface area (Å²) < 4.78 is 6.93. The van der Waals surface area contributed by atoms with E-state index in [2.05, 4.69) is 15.6 Å². The third-order valence-electron chi connectivity index (χ3n) is 3.44. The number of nitrogens with two attached hydrogens (primary N) is 1. The van der Waals surface area contributed by atoms with Gasteiger partial charge in [0.1, 0.15) is 11.4 Å². The number of rotatable bonds is 5. The van der Waals surface area contributed by atoms with Gasteiger partial charge in [-0.25, -0.2) is 0 Å². The highest BCUT2D eigenvalue weighted by molar-refractivity contribution is 6.33. The van der Waals surface area contributed by atoms with Crippen molar-refractivity contribution in [2.24, 2.45) is 0 Å². The Morgan fingerprint density at radius 1 is 1.24 bits per heavy atom. The summed E-state index contributed by atoms with van der Waals surface area (Å²) in [6.45, 7) is 2.37. The number of carbonyl (C=O) groups excluding carboxylic acids is 1. The van der Waals surface area contributed by atoms with Crippen molar-refractivity contribution < 1.29 is 9.53 Å². The molecule has 128 valence electrons. The van der Waals surface area contributed by atoms with Crippen LogP contribution in [0.5, 0.6) is 5.75 Å². The second-order valence-electron chi connectivity index (χ2n) is 5.07. The van der Waals surface area contributed by atoms with Crippen molar-refractivity contribution in [1.82, 2.24) is 15.0 Å². The van der Waals surface area contributed by atoms with Crippen LogP contribution in [0.3, 0.4) is 0 Å². The Kier molecular flexibility index (Phi) is 4.85. The molecule has 0 saturated heterocycles. The summed E-state index contributed by atoms with van der Waals surface area (Å²) in [6, 6.07) is 14.1. The topological polar surface area (TPSA) is 95.1 Å². The van der Waals surface area contributed by atoms with Crippen LogP contribution < -0.4 is 15.8 Å². The van der Waals surface area contributed by atoms with E-state index in [1.807, 2.05) is 19.1 Å². The molecule has 0 saturated carbocycles. The van der Waals surface area contributed by atoms with Crippen LogP contribution in [0.15, 0.2) is 48.5 Å². The molecule has 1 amide bonds. The molecule has 2 aromatic carbocycles. The minimum absolute atomic E-state index is 0.00576. The van der Waals surface area contributed by atoms with Crippen LogP contribution in [0.4, 0.5) is 11.5 Å². The first-order valence-corrected chi connectivity index (χ1v) is 7.99. The molecular weight excluding hydrogens is 342 g/mol. The lowest BCUT2D eigenvalue weighted by Crippen LogP contribution is -2.15. The maximum Gasteiger partial charge on any atom is 0.280 e. The standard InChI is InChI=1S/C17H16ClN5O2/c1-2-25-14-10-6-5-9-13(14)23-16(19)15(21-22-23)17(24)20-12-8-4-3-7-11(12)18/h3-10H,2,19H2,1H3,(H,20,24). The summed E-state index contributed by atoms with van der Waals surface area (Å²) in [6.07, 6.45) is 0. The van der Waals surface area contributed by atoms with Crippen molar-refractivity contribution in [3.8, 4) is 11.4 Å². The molecule has 0 aliphatic heterocycles. The van der Waals surface area contributed by atoms with E-state index in [1.54, 1.807) is 36.4 Å². The Morgan fingerprint density at radius 2 is 1.96 bits per heavy atom. The van der Waals surface area contributed by atoms with Gasteiger partial charge in [0.05, 0.1) is 17.3 Å². The first-order valence-electron chi connectivity index (χ1n) is 7.61. The molecule has 25 heavy (non-hydrogen) atoms. The molecule has 0 unspecified atom stereocenters. The van der Waals surface area contributed by atoms with Gasteiger partial charge in [-0.2, -0.15) is 4.68 Å². The number of nitrogens with one attached hydrogen (secondary N) is 1. The van der Waals surface area contributed by atoms with E-state index >= 15 is 0 Å². The van der Waals surface area contributed by atoms with Crippen LogP contribution in [0.1, 0.15) is 17.4 Å². The third kappa shape index (κ3) is 3.41. The number of carbonyl (C=O) groups is 1. The Labute approximate surface area is 149 Å². The van der Waals surface area contributed by atoms with Gasteiger partial charge >= 0.3 is 0 Å². The van der Waals surface area contributed by atoms with Crippen molar-refractivity contribution in [3.05, 3.63) is 59.2 Å². The van der Waals surface area contributed by atoms with Crippen molar-refractivity contribution in [2.75, 3.05) is 17.7 Å². The molecule has 0 bridgehead atoms. The molecule has 3 aromatic rings. The number of hydrogen-bond donors (Lipinski definition) is 2. The molecule has 7 nitrogen and oxygen atoms in total. The zero-order valence-electron chi connectivity index (χ0n) is 13.4. The van der Waals surface area contributed by atoms with E-state index in [9.17, 15) is 4.79 Å². The summed E-state index contributed by atoms with van der Waals surface area (Å²) in [7, 11) is 0.